The second-order valence-electron chi connectivity index (χ2n) is 24.5. The summed E-state index contributed by atoms with van der Waals surface area (Å²) in [5, 5.41) is 0. The van der Waals surface area contributed by atoms with Crippen LogP contribution in [-0.2, 0) is 28.6 Å². The van der Waals surface area contributed by atoms with E-state index in [2.05, 4.69) is 69.4 Å². The summed E-state index contributed by atoms with van der Waals surface area (Å²) < 4.78 is 17.0. The largest absolute Gasteiger partial charge is 0.462 e. The third kappa shape index (κ3) is 68.0. The SMILES string of the molecule is CCCCCC/C=C\C/C=C\CCCCCCCCCC(=O)OC(COC(=O)CCCCCCC/C=C\CCCCCCCCC)COC(=O)CCCCCCCCCCCCCCCCCCC/C=C\CCCCCCCCCC. The molecule has 0 amide bonds. The molecule has 0 aromatic heterocycles. The third-order valence-electron chi connectivity index (χ3n) is 16.3. The quantitative estimate of drug-likeness (QED) is 0.0261. The van der Waals surface area contributed by atoms with Crippen LogP contribution in [0.2, 0.25) is 0 Å². The van der Waals surface area contributed by atoms with Gasteiger partial charge in [0, 0.05) is 19.3 Å². The maximum absolute atomic E-state index is 12.9. The summed E-state index contributed by atoms with van der Waals surface area (Å²) in [5.74, 6) is -0.866. The van der Waals surface area contributed by atoms with Gasteiger partial charge in [-0.05, 0) is 103 Å². The minimum Gasteiger partial charge on any atom is -0.462 e. The molecule has 0 saturated carbocycles. The highest BCUT2D eigenvalue weighted by atomic mass is 16.6. The molecule has 1 unspecified atom stereocenters. The lowest BCUT2D eigenvalue weighted by molar-refractivity contribution is -0.167. The molecule has 0 aliphatic rings. The van der Waals surface area contributed by atoms with E-state index < -0.39 is 6.10 Å². The molecule has 0 saturated heterocycles. The van der Waals surface area contributed by atoms with Crippen molar-refractivity contribution in [2.75, 3.05) is 13.2 Å². The monoisotopic (exact) mass is 1140 g/mol. The van der Waals surface area contributed by atoms with E-state index in [0.717, 1.165) is 77.0 Å². The first-order valence-electron chi connectivity index (χ1n) is 36.1. The summed E-state index contributed by atoms with van der Waals surface area (Å²) in [5.41, 5.74) is 0. The van der Waals surface area contributed by atoms with Gasteiger partial charge in [-0.2, -0.15) is 0 Å². The molecule has 0 aromatic rings. The summed E-state index contributed by atoms with van der Waals surface area (Å²) in [6.07, 6.45) is 88.6. The van der Waals surface area contributed by atoms with Gasteiger partial charge < -0.3 is 14.2 Å². The minimum atomic E-state index is -0.781. The van der Waals surface area contributed by atoms with Crippen molar-refractivity contribution in [3.05, 3.63) is 48.6 Å². The zero-order valence-electron chi connectivity index (χ0n) is 54.6. The first-order valence-corrected chi connectivity index (χ1v) is 36.1. The molecule has 0 heterocycles. The van der Waals surface area contributed by atoms with Crippen LogP contribution >= 0.6 is 0 Å². The number of rotatable bonds is 67. The van der Waals surface area contributed by atoms with Crippen LogP contribution in [0, 0.1) is 0 Å². The fourth-order valence-corrected chi connectivity index (χ4v) is 10.8. The first-order chi connectivity index (χ1) is 40.0. The number of hydrogen-bond acceptors (Lipinski definition) is 6. The van der Waals surface area contributed by atoms with Crippen LogP contribution in [0.1, 0.15) is 393 Å². The lowest BCUT2D eigenvalue weighted by Gasteiger charge is -2.18. The van der Waals surface area contributed by atoms with Crippen LogP contribution in [0.25, 0.3) is 0 Å². The van der Waals surface area contributed by atoms with Crippen LogP contribution < -0.4 is 0 Å². The van der Waals surface area contributed by atoms with E-state index in [-0.39, 0.29) is 31.1 Å². The van der Waals surface area contributed by atoms with Gasteiger partial charge in [-0.15, -0.1) is 0 Å². The van der Waals surface area contributed by atoms with E-state index in [4.69, 9.17) is 14.2 Å². The van der Waals surface area contributed by atoms with Gasteiger partial charge in [0.15, 0.2) is 6.10 Å². The smallest absolute Gasteiger partial charge is 0.306 e. The van der Waals surface area contributed by atoms with Crippen molar-refractivity contribution in [2.24, 2.45) is 0 Å². The van der Waals surface area contributed by atoms with Crippen LogP contribution in [-0.4, -0.2) is 37.2 Å². The van der Waals surface area contributed by atoms with Crippen molar-refractivity contribution in [3.63, 3.8) is 0 Å². The van der Waals surface area contributed by atoms with Gasteiger partial charge in [0.25, 0.3) is 0 Å². The van der Waals surface area contributed by atoms with E-state index in [1.807, 2.05) is 0 Å². The summed E-state index contributed by atoms with van der Waals surface area (Å²) in [7, 11) is 0. The normalized spacial score (nSPS) is 12.3. The summed E-state index contributed by atoms with van der Waals surface area (Å²) in [6, 6.07) is 0. The van der Waals surface area contributed by atoms with E-state index in [9.17, 15) is 14.4 Å². The van der Waals surface area contributed by atoms with Crippen LogP contribution in [0.3, 0.4) is 0 Å². The molecule has 0 bridgehead atoms. The average molecular weight is 1140 g/mol. The van der Waals surface area contributed by atoms with Gasteiger partial charge in [0.05, 0.1) is 0 Å². The van der Waals surface area contributed by atoms with Crippen LogP contribution in [0.15, 0.2) is 48.6 Å². The van der Waals surface area contributed by atoms with Crippen molar-refractivity contribution in [3.8, 4) is 0 Å². The average Bonchev–Trinajstić information content (AvgIpc) is 3.47. The standard InChI is InChI=1S/C75H138O6/c1-4-7-10-13-16-19-22-25-28-31-33-34-35-36-37-38-39-40-41-42-43-45-47-50-53-56-59-62-65-68-74(77)80-71-72(70-79-73(76)67-64-61-58-55-52-49-46-30-27-24-21-18-15-12-9-6-3)81-75(78)69-66-63-60-57-54-51-48-44-32-29-26-23-20-17-14-11-8-5-2/h20,23,29-33,46,72H,4-19,21-22,24-28,34-45,47-71H2,1-3H3/b23-20-,32-29-,33-31-,46-30-. The fraction of sp³-hybridized carbons (Fsp3) is 0.853. The maximum Gasteiger partial charge on any atom is 0.306 e. The Labute approximate surface area is 505 Å². The van der Waals surface area contributed by atoms with E-state index in [1.54, 1.807) is 0 Å². The highest BCUT2D eigenvalue weighted by Gasteiger charge is 2.19. The van der Waals surface area contributed by atoms with Crippen molar-refractivity contribution in [1.29, 1.82) is 0 Å². The minimum absolute atomic E-state index is 0.0753. The Morgan fingerprint density at radius 3 is 0.704 bits per heavy atom. The Bertz CT molecular complexity index is 1400. The number of unbranched alkanes of at least 4 members (excludes halogenated alkanes) is 48. The molecular weight excluding hydrogens is 997 g/mol. The topological polar surface area (TPSA) is 78.9 Å². The predicted molar refractivity (Wildman–Crippen MR) is 353 cm³/mol. The molecule has 0 aromatic carbocycles. The van der Waals surface area contributed by atoms with Crippen molar-refractivity contribution < 1.29 is 28.6 Å². The van der Waals surface area contributed by atoms with E-state index in [0.29, 0.717) is 19.3 Å². The molecule has 0 radical (unpaired) electrons. The molecule has 0 aliphatic heterocycles. The summed E-state index contributed by atoms with van der Waals surface area (Å²) in [6.45, 7) is 6.67. The van der Waals surface area contributed by atoms with E-state index in [1.165, 1.54) is 276 Å². The molecule has 0 fully saturated rings. The van der Waals surface area contributed by atoms with E-state index >= 15 is 0 Å². The maximum atomic E-state index is 12.9. The Kier molecular flexibility index (Phi) is 67.6. The molecule has 6 heteroatoms. The molecule has 0 spiro atoms. The van der Waals surface area contributed by atoms with Gasteiger partial charge in [-0.3, -0.25) is 14.4 Å². The Morgan fingerprint density at radius 1 is 0.247 bits per heavy atom. The summed E-state index contributed by atoms with van der Waals surface area (Å²) in [4.78, 5) is 38.4. The Morgan fingerprint density at radius 2 is 0.444 bits per heavy atom. The molecule has 1 atom stereocenters. The first kappa shape index (κ1) is 78.4. The second-order valence-corrected chi connectivity index (χ2v) is 24.5. The van der Waals surface area contributed by atoms with Gasteiger partial charge in [-0.25, -0.2) is 0 Å². The number of ether oxygens (including phenoxy) is 3. The highest BCUT2D eigenvalue weighted by Crippen LogP contribution is 2.18. The van der Waals surface area contributed by atoms with Gasteiger partial charge in [-0.1, -0.05) is 320 Å². The van der Waals surface area contributed by atoms with Crippen molar-refractivity contribution in [1.82, 2.24) is 0 Å². The lowest BCUT2D eigenvalue weighted by Crippen LogP contribution is -2.30. The number of carbonyl (C=O) groups is 3. The Hall–Kier alpha value is -2.63. The molecule has 6 nitrogen and oxygen atoms in total. The second kappa shape index (κ2) is 69.9. The zero-order chi connectivity index (χ0) is 58.5. The zero-order valence-corrected chi connectivity index (χ0v) is 54.6. The van der Waals surface area contributed by atoms with Gasteiger partial charge in [0.2, 0.25) is 0 Å². The van der Waals surface area contributed by atoms with Gasteiger partial charge >= 0.3 is 17.9 Å². The number of allylic oxidation sites excluding steroid dienone is 8. The lowest BCUT2D eigenvalue weighted by atomic mass is 10.0. The Balaban J connectivity index is 4.24. The molecular formula is C75H138O6. The van der Waals surface area contributed by atoms with Gasteiger partial charge in [0.1, 0.15) is 13.2 Å². The number of carbonyl (C=O) groups excluding carboxylic acids is 3. The molecule has 0 N–H and O–H groups in total. The molecule has 0 aliphatic carbocycles. The number of esters is 3. The van der Waals surface area contributed by atoms with Crippen molar-refractivity contribution >= 4 is 17.9 Å². The third-order valence-corrected chi connectivity index (χ3v) is 16.3. The highest BCUT2D eigenvalue weighted by molar-refractivity contribution is 5.71. The summed E-state index contributed by atoms with van der Waals surface area (Å²) >= 11 is 0. The molecule has 474 valence electrons. The molecule has 0 rings (SSSR count). The molecule has 81 heavy (non-hydrogen) atoms. The predicted octanol–water partition coefficient (Wildman–Crippen LogP) is 24.9. The van der Waals surface area contributed by atoms with Crippen LogP contribution in [0.4, 0.5) is 0 Å². The number of hydrogen-bond donors (Lipinski definition) is 0. The van der Waals surface area contributed by atoms with Crippen molar-refractivity contribution in [2.45, 2.75) is 399 Å². The van der Waals surface area contributed by atoms with Crippen LogP contribution in [0.5, 0.6) is 0 Å². The fourth-order valence-electron chi connectivity index (χ4n) is 10.8.